The zero-order valence-electron chi connectivity index (χ0n) is 17.6. The van der Waals surface area contributed by atoms with Crippen LogP contribution in [-0.2, 0) is 4.79 Å². The largest absolute Gasteiger partial charge is 0.493 e. The molecule has 2 amide bonds. The van der Waals surface area contributed by atoms with Crippen LogP contribution in [0.3, 0.4) is 0 Å². The minimum atomic E-state index is -0.432. The molecule has 0 saturated carbocycles. The van der Waals surface area contributed by atoms with Crippen molar-refractivity contribution in [3.63, 3.8) is 0 Å². The number of aryl methyl sites for hydroxylation is 2. The van der Waals surface area contributed by atoms with Gasteiger partial charge in [0, 0.05) is 5.56 Å². The molecule has 0 spiro atoms. The minimum absolute atomic E-state index is 0.0278. The number of hydrogen-bond donors (Lipinski definition) is 3. The van der Waals surface area contributed by atoms with Crippen LogP contribution in [-0.4, -0.2) is 30.1 Å². The molecular weight excluding hydrogens is 402 g/mol. The fraction of sp³-hybridized carbons (Fsp3) is 0.318. The van der Waals surface area contributed by atoms with Gasteiger partial charge in [0.2, 0.25) is 0 Å². The zero-order valence-corrected chi connectivity index (χ0v) is 18.4. The fourth-order valence-electron chi connectivity index (χ4n) is 2.44. The first-order chi connectivity index (χ1) is 14.2. The molecule has 0 bridgehead atoms. The summed E-state index contributed by atoms with van der Waals surface area (Å²) in [7, 11) is 0. The van der Waals surface area contributed by atoms with E-state index in [4.69, 9.17) is 21.7 Å². The second-order valence-corrected chi connectivity index (χ2v) is 7.65. The highest BCUT2D eigenvalue weighted by molar-refractivity contribution is 7.80. The maximum Gasteiger partial charge on any atom is 0.276 e. The molecule has 0 fully saturated rings. The molecule has 0 atom stereocenters. The normalized spacial score (nSPS) is 10.3. The Balaban J connectivity index is 1.74. The molecule has 0 unspecified atom stereocenters. The smallest absolute Gasteiger partial charge is 0.276 e. The van der Waals surface area contributed by atoms with Crippen LogP contribution in [0.4, 0.5) is 0 Å². The van der Waals surface area contributed by atoms with Crippen molar-refractivity contribution in [2.75, 3.05) is 13.2 Å². The highest BCUT2D eigenvalue weighted by Gasteiger charge is 2.10. The van der Waals surface area contributed by atoms with Gasteiger partial charge in [-0.05, 0) is 67.9 Å². The fourth-order valence-corrected chi connectivity index (χ4v) is 2.58. The molecular formula is C22H27N3O4S. The molecule has 2 aromatic rings. The van der Waals surface area contributed by atoms with E-state index in [2.05, 4.69) is 30.0 Å². The van der Waals surface area contributed by atoms with Gasteiger partial charge in [-0.2, -0.15) is 0 Å². The van der Waals surface area contributed by atoms with Crippen LogP contribution >= 0.6 is 12.2 Å². The van der Waals surface area contributed by atoms with Crippen molar-refractivity contribution >= 4 is 29.1 Å². The van der Waals surface area contributed by atoms with Gasteiger partial charge in [-0.1, -0.05) is 31.5 Å². The molecule has 0 heterocycles. The zero-order chi connectivity index (χ0) is 22.1. The van der Waals surface area contributed by atoms with Gasteiger partial charge in [0.1, 0.15) is 11.5 Å². The number of amides is 2. The number of carbonyl (C=O) groups is 2. The summed E-state index contributed by atoms with van der Waals surface area (Å²) in [4.78, 5) is 24.2. The molecule has 30 heavy (non-hydrogen) atoms. The summed E-state index contributed by atoms with van der Waals surface area (Å²) in [5.41, 5.74) is 7.35. The Hall–Kier alpha value is -3.13. The lowest BCUT2D eigenvalue weighted by Gasteiger charge is -2.13. The molecule has 0 aliphatic heterocycles. The van der Waals surface area contributed by atoms with Gasteiger partial charge in [0.25, 0.3) is 11.8 Å². The Morgan fingerprint density at radius 2 is 1.70 bits per heavy atom. The highest BCUT2D eigenvalue weighted by Crippen LogP contribution is 2.18. The third kappa shape index (κ3) is 7.71. The van der Waals surface area contributed by atoms with Crippen molar-refractivity contribution in [3.8, 4) is 11.5 Å². The van der Waals surface area contributed by atoms with E-state index >= 15 is 0 Å². The van der Waals surface area contributed by atoms with E-state index in [-0.39, 0.29) is 11.7 Å². The summed E-state index contributed by atoms with van der Waals surface area (Å²) >= 11 is 5.03. The monoisotopic (exact) mass is 429 g/mol. The quantitative estimate of drug-likeness (QED) is 0.463. The van der Waals surface area contributed by atoms with E-state index in [1.165, 1.54) is 0 Å². The molecule has 0 saturated heterocycles. The Morgan fingerprint density at radius 3 is 2.33 bits per heavy atom. The number of ether oxygens (including phenoxy) is 2. The van der Waals surface area contributed by atoms with Crippen molar-refractivity contribution in [1.29, 1.82) is 0 Å². The average molecular weight is 430 g/mol. The maximum absolute atomic E-state index is 12.2. The van der Waals surface area contributed by atoms with Crippen LogP contribution in [0.1, 0.15) is 35.3 Å². The SMILES string of the molecule is Cc1ccc(OCC(=O)NNC(=S)NC(=O)c2ccc(OCC(C)C)cc2)c(C)c1. The summed E-state index contributed by atoms with van der Waals surface area (Å²) in [6.45, 7) is 8.43. The lowest BCUT2D eigenvalue weighted by atomic mass is 10.1. The van der Waals surface area contributed by atoms with Gasteiger partial charge < -0.3 is 9.47 Å². The number of benzene rings is 2. The van der Waals surface area contributed by atoms with Crippen LogP contribution < -0.4 is 25.6 Å². The van der Waals surface area contributed by atoms with Crippen molar-refractivity contribution in [2.45, 2.75) is 27.7 Å². The van der Waals surface area contributed by atoms with E-state index in [1.54, 1.807) is 24.3 Å². The first-order valence-corrected chi connectivity index (χ1v) is 9.98. The Bertz CT molecular complexity index is 898. The predicted octanol–water partition coefficient (Wildman–Crippen LogP) is 3.05. The van der Waals surface area contributed by atoms with Crippen LogP contribution in [0.5, 0.6) is 11.5 Å². The Kier molecular flexibility index (Phi) is 8.61. The number of rotatable bonds is 7. The Morgan fingerprint density at radius 1 is 1.00 bits per heavy atom. The number of hydrogen-bond acceptors (Lipinski definition) is 5. The second kappa shape index (κ2) is 11.2. The molecule has 0 aliphatic carbocycles. The van der Waals surface area contributed by atoms with E-state index in [0.29, 0.717) is 29.6 Å². The molecule has 0 radical (unpaired) electrons. The van der Waals surface area contributed by atoms with E-state index in [1.807, 2.05) is 32.0 Å². The van der Waals surface area contributed by atoms with Crippen molar-refractivity contribution in [2.24, 2.45) is 5.92 Å². The van der Waals surface area contributed by atoms with Crippen LogP contribution in [0, 0.1) is 19.8 Å². The topological polar surface area (TPSA) is 88.7 Å². The highest BCUT2D eigenvalue weighted by atomic mass is 32.1. The summed E-state index contributed by atoms with van der Waals surface area (Å²) in [5, 5.41) is 2.47. The number of thiocarbonyl (C=S) groups is 1. The third-order valence-electron chi connectivity index (χ3n) is 3.93. The maximum atomic E-state index is 12.2. The summed E-state index contributed by atoms with van der Waals surface area (Å²) in [6, 6.07) is 12.4. The number of hydrazine groups is 1. The van der Waals surface area contributed by atoms with E-state index < -0.39 is 11.8 Å². The van der Waals surface area contributed by atoms with Gasteiger partial charge in [-0.3, -0.25) is 25.8 Å². The lowest BCUT2D eigenvalue weighted by Crippen LogP contribution is -2.49. The molecule has 160 valence electrons. The van der Waals surface area contributed by atoms with Crippen LogP contribution in [0.15, 0.2) is 42.5 Å². The first kappa shape index (κ1) is 23.2. The number of nitrogens with one attached hydrogen (secondary N) is 3. The van der Waals surface area contributed by atoms with Gasteiger partial charge >= 0.3 is 0 Å². The van der Waals surface area contributed by atoms with Gasteiger partial charge in [-0.25, -0.2) is 0 Å². The van der Waals surface area contributed by atoms with E-state index in [9.17, 15) is 9.59 Å². The molecule has 0 aliphatic rings. The summed E-state index contributed by atoms with van der Waals surface area (Å²) in [6.07, 6.45) is 0. The standard InChI is InChI=1S/C22H27N3O4S/c1-14(2)12-28-18-8-6-17(7-9-18)21(27)23-22(30)25-24-20(26)13-29-19-10-5-15(3)11-16(19)4/h5-11,14H,12-13H2,1-4H3,(H,24,26)(H2,23,25,27,30). The first-order valence-electron chi connectivity index (χ1n) is 9.57. The van der Waals surface area contributed by atoms with Gasteiger partial charge in [0.05, 0.1) is 6.61 Å². The molecule has 2 rings (SSSR count). The lowest BCUT2D eigenvalue weighted by molar-refractivity contribution is -0.123. The molecule has 7 nitrogen and oxygen atoms in total. The average Bonchev–Trinajstić information content (AvgIpc) is 2.70. The molecule has 3 N–H and O–H groups in total. The second-order valence-electron chi connectivity index (χ2n) is 7.24. The Labute approximate surface area is 182 Å². The van der Waals surface area contributed by atoms with Crippen molar-refractivity contribution in [3.05, 3.63) is 59.2 Å². The minimum Gasteiger partial charge on any atom is -0.493 e. The summed E-state index contributed by atoms with van der Waals surface area (Å²) < 4.78 is 11.1. The molecule has 8 heteroatoms. The third-order valence-corrected chi connectivity index (χ3v) is 4.14. The van der Waals surface area contributed by atoms with Gasteiger partial charge in [-0.15, -0.1) is 0 Å². The van der Waals surface area contributed by atoms with Crippen LogP contribution in [0.25, 0.3) is 0 Å². The van der Waals surface area contributed by atoms with Crippen LogP contribution in [0.2, 0.25) is 0 Å². The molecule has 2 aromatic carbocycles. The number of carbonyl (C=O) groups excluding carboxylic acids is 2. The molecule has 0 aromatic heterocycles. The van der Waals surface area contributed by atoms with Crippen molar-refractivity contribution in [1.82, 2.24) is 16.2 Å². The predicted molar refractivity (Wildman–Crippen MR) is 120 cm³/mol. The van der Waals surface area contributed by atoms with E-state index in [0.717, 1.165) is 11.1 Å². The van der Waals surface area contributed by atoms with Gasteiger partial charge in [0.15, 0.2) is 11.7 Å². The summed E-state index contributed by atoms with van der Waals surface area (Å²) in [5.74, 6) is 0.907. The van der Waals surface area contributed by atoms with Crippen molar-refractivity contribution < 1.29 is 19.1 Å².